The number of nitrogens with zero attached hydrogens (tertiary/aromatic N) is 2. The van der Waals surface area contributed by atoms with Crippen LogP contribution in [0.25, 0.3) is 16.6 Å². The van der Waals surface area contributed by atoms with Crippen molar-refractivity contribution in [1.82, 2.24) is 9.55 Å². The summed E-state index contributed by atoms with van der Waals surface area (Å²) in [5.41, 5.74) is 1.46. The number of rotatable bonds is 8. The molecule has 1 unspecified atom stereocenters. The van der Waals surface area contributed by atoms with E-state index >= 15 is 0 Å². The number of thiophene rings is 1. The van der Waals surface area contributed by atoms with Gasteiger partial charge in [-0.05, 0) is 55.0 Å². The second-order valence-electron chi connectivity index (χ2n) is 7.58. The van der Waals surface area contributed by atoms with E-state index in [2.05, 4.69) is 9.71 Å². The molecule has 35 heavy (non-hydrogen) atoms. The quantitative estimate of drug-likeness (QED) is 0.320. The number of carbonyl (C=O) groups is 1. The summed E-state index contributed by atoms with van der Waals surface area (Å²) in [6.45, 7) is 1.68. The van der Waals surface area contributed by atoms with Gasteiger partial charge in [-0.25, -0.2) is 17.6 Å². The lowest BCUT2D eigenvalue weighted by molar-refractivity contribution is -0.116. The molecule has 0 aliphatic rings. The fourth-order valence-electron chi connectivity index (χ4n) is 3.55. The SMILES string of the molecule is Cc1nc2ccc(NS(=O)O)cc2c(=O)n1-c1ccc(CC(=O)CS(=O)(=O)c2ccc(Cl)s2)cc1. The number of nitrogens with one attached hydrogen (secondary N) is 1. The average Bonchev–Trinajstić information content (AvgIpc) is 3.22. The molecule has 0 fully saturated rings. The zero-order valence-electron chi connectivity index (χ0n) is 18.1. The van der Waals surface area contributed by atoms with Crippen molar-refractivity contribution in [2.75, 3.05) is 10.5 Å². The molecule has 0 saturated heterocycles. The maximum Gasteiger partial charge on any atom is 0.266 e. The molecular formula is C22H18ClN3O6S3. The van der Waals surface area contributed by atoms with Crippen LogP contribution in [0.1, 0.15) is 11.4 Å². The predicted molar refractivity (Wildman–Crippen MR) is 137 cm³/mol. The summed E-state index contributed by atoms with van der Waals surface area (Å²) in [7, 11) is -3.76. The number of Topliss-reactive ketones (excluding diaryl/α,β-unsaturated/α-hetero) is 1. The van der Waals surface area contributed by atoms with Gasteiger partial charge in [-0.1, -0.05) is 23.7 Å². The molecule has 0 spiro atoms. The highest BCUT2D eigenvalue weighted by atomic mass is 35.5. The van der Waals surface area contributed by atoms with Crippen molar-refractivity contribution in [3.8, 4) is 5.69 Å². The fourth-order valence-corrected chi connectivity index (χ4v) is 6.69. The Morgan fingerprint density at radius 1 is 1.17 bits per heavy atom. The van der Waals surface area contributed by atoms with Crippen molar-refractivity contribution >= 4 is 66.4 Å². The van der Waals surface area contributed by atoms with Gasteiger partial charge in [0, 0.05) is 12.1 Å². The summed E-state index contributed by atoms with van der Waals surface area (Å²) in [5, 5.41) is 0.254. The second kappa shape index (κ2) is 9.99. The van der Waals surface area contributed by atoms with Crippen LogP contribution in [0, 0.1) is 6.92 Å². The van der Waals surface area contributed by atoms with E-state index in [0.717, 1.165) is 11.3 Å². The Balaban J connectivity index is 1.57. The van der Waals surface area contributed by atoms with Crippen LogP contribution in [-0.2, 0) is 32.3 Å². The largest absolute Gasteiger partial charge is 0.298 e. The molecule has 0 aliphatic carbocycles. The van der Waals surface area contributed by atoms with Gasteiger partial charge in [-0.2, -0.15) is 0 Å². The highest BCUT2D eigenvalue weighted by Gasteiger charge is 2.21. The van der Waals surface area contributed by atoms with Gasteiger partial charge in [0.05, 0.1) is 20.9 Å². The van der Waals surface area contributed by atoms with Crippen LogP contribution < -0.4 is 10.3 Å². The van der Waals surface area contributed by atoms with Crippen molar-refractivity contribution in [3.63, 3.8) is 0 Å². The van der Waals surface area contributed by atoms with Gasteiger partial charge in [0.15, 0.2) is 15.6 Å². The third kappa shape index (κ3) is 5.68. The molecule has 13 heteroatoms. The van der Waals surface area contributed by atoms with Gasteiger partial charge in [0.1, 0.15) is 15.8 Å². The first-order valence-electron chi connectivity index (χ1n) is 10.0. The van der Waals surface area contributed by atoms with Gasteiger partial charge in [0.2, 0.25) is 0 Å². The highest BCUT2D eigenvalue weighted by Crippen LogP contribution is 2.26. The van der Waals surface area contributed by atoms with Gasteiger partial charge < -0.3 is 0 Å². The van der Waals surface area contributed by atoms with E-state index in [1.165, 1.54) is 22.8 Å². The third-order valence-corrected chi connectivity index (χ3v) is 8.94. The van der Waals surface area contributed by atoms with Crippen molar-refractivity contribution in [3.05, 3.63) is 80.7 Å². The maximum absolute atomic E-state index is 13.2. The number of hydrogen-bond donors (Lipinski definition) is 2. The van der Waals surface area contributed by atoms with E-state index in [-0.39, 0.29) is 21.6 Å². The van der Waals surface area contributed by atoms with Crippen molar-refractivity contribution in [1.29, 1.82) is 0 Å². The van der Waals surface area contributed by atoms with Crippen LogP contribution in [0.15, 0.2) is 63.6 Å². The predicted octanol–water partition coefficient (Wildman–Crippen LogP) is 3.54. The first-order chi connectivity index (χ1) is 16.5. The molecule has 1 atom stereocenters. The summed E-state index contributed by atoms with van der Waals surface area (Å²) >= 11 is 4.41. The summed E-state index contributed by atoms with van der Waals surface area (Å²) in [4.78, 5) is 30.0. The number of anilines is 1. The van der Waals surface area contributed by atoms with E-state index in [1.807, 2.05) is 0 Å². The Labute approximate surface area is 211 Å². The molecule has 0 amide bonds. The van der Waals surface area contributed by atoms with Gasteiger partial charge >= 0.3 is 0 Å². The minimum absolute atomic E-state index is 0.0495. The lowest BCUT2D eigenvalue weighted by atomic mass is 10.1. The summed E-state index contributed by atoms with van der Waals surface area (Å²) < 4.78 is 49.0. The van der Waals surface area contributed by atoms with Gasteiger partial charge in [-0.15, -0.1) is 11.3 Å². The molecule has 0 saturated carbocycles. The van der Waals surface area contributed by atoms with E-state index in [4.69, 9.17) is 16.2 Å². The molecule has 0 bridgehead atoms. The molecule has 4 aromatic rings. The number of fused-ring (bicyclic) bond motifs is 1. The van der Waals surface area contributed by atoms with Crippen molar-refractivity contribution in [2.24, 2.45) is 0 Å². The summed E-state index contributed by atoms with van der Waals surface area (Å²) in [6.07, 6.45) is -0.0875. The first-order valence-corrected chi connectivity index (χ1v) is 14.0. The van der Waals surface area contributed by atoms with E-state index in [1.54, 1.807) is 43.3 Å². The number of benzene rings is 2. The second-order valence-corrected chi connectivity index (χ2v) is 12.2. The van der Waals surface area contributed by atoms with E-state index in [9.17, 15) is 22.2 Å². The minimum Gasteiger partial charge on any atom is -0.298 e. The molecular weight excluding hydrogens is 534 g/mol. The summed E-state index contributed by atoms with van der Waals surface area (Å²) in [6, 6.07) is 14.0. The monoisotopic (exact) mass is 551 g/mol. The van der Waals surface area contributed by atoms with Crippen molar-refractivity contribution in [2.45, 2.75) is 17.6 Å². The summed E-state index contributed by atoms with van der Waals surface area (Å²) in [5.74, 6) is -0.670. The van der Waals surface area contributed by atoms with Crippen LogP contribution in [0.4, 0.5) is 5.69 Å². The van der Waals surface area contributed by atoms with E-state index in [0.29, 0.717) is 32.6 Å². The van der Waals surface area contributed by atoms with Crippen molar-refractivity contribution < 1.29 is 22.0 Å². The number of aryl methyl sites for hydroxylation is 1. The van der Waals surface area contributed by atoms with Gasteiger partial charge in [-0.3, -0.25) is 23.4 Å². The van der Waals surface area contributed by atoms with Crippen LogP contribution in [0.5, 0.6) is 0 Å². The molecule has 2 aromatic carbocycles. The van der Waals surface area contributed by atoms with Crippen LogP contribution >= 0.6 is 22.9 Å². The highest BCUT2D eigenvalue weighted by molar-refractivity contribution is 7.94. The van der Waals surface area contributed by atoms with Crippen LogP contribution in [0.2, 0.25) is 4.34 Å². The molecule has 0 radical (unpaired) electrons. The number of halogens is 1. The lowest BCUT2D eigenvalue weighted by Crippen LogP contribution is -2.22. The molecule has 2 N–H and O–H groups in total. The normalized spacial score (nSPS) is 12.5. The Kier molecular flexibility index (Phi) is 7.20. The molecule has 9 nitrogen and oxygen atoms in total. The third-order valence-electron chi connectivity index (χ3n) is 5.04. The van der Waals surface area contributed by atoms with Crippen LogP contribution in [-0.4, -0.2) is 38.3 Å². The Bertz CT molecular complexity index is 1630. The smallest absolute Gasteiger partial charge is 0.266 e. The lowest BCUT2D eigenvalue weighted by Gasteiger charge is -2.12. The molecule has 182 valence electrons. The Morgan fingerprint density at radius 2 is 1.89 bits per heavy atom. The first kappa shape index (κ1) is 25.2. The topological polar surface area (TPSA) is 135 Å². The minimum atomic E-state index is -3.76. The Morgan fingerprint density at radius 3 is 2.51 bits per heavy atom. The zero-order chi connectivity index (χ0) is 25.3. The molecule has 0 aliphatic heterocycles. The number of sulfone groups is 1. The zero-order valence-corrected chi connectivity index (χ0v) is 21.3. The van der Waals surface area contributed by atoms with Gasteiger partial charge in [0.25, 0.3) is 16.8 Å². The molecule has 2 aromatic heterocycles. The maximum atomic E-state index is 13.2. The molecule has 2 heterocycles. The molecule has 4 rings (SSSR count). The standard InChI is InChI=1S/C22H18ClN3O6S3/c1-13-24-19-7-4-15(25-34(29)30)11-18(19)22(28)26(13)16-5-2-14(3-6-16)10-17(27)12-35(31,32)21-9-8-20(23)33-21/h2-9,11,25H,10,12H2,1H3,(H,29,30). The number of carbonyl (C=O) groups excluding carboxylic acids is 1. The number of ketones is 1. The average molecular weight is 552 g/mol. The van der Waals surface area contributed by atoms with E-state index < -0.39 is 32.6 Å². The number of aromatic nitrogens is 2. The Hall–Kier alpha value is -2.90. The fraction of sp³-hybridized carbons (Fsp3) is 0.136. The van der Waals surface area contributed by atoms with Crippen LogP contribution in [0.3, 0.4) is 0 Å². The number of hydrogen-bond acceptors (Lipinski definition) is 7.